The number of halogens is 2. The summed E-state index contributed by atoms with van der Waals surface area (Å²) in [5.41, 5.74) is 2.49. The molecule has 170 valence electrons. The van der Waals surface area contributed by atoms with Crippen LogP contribution in [-0.2, 0) is 11.3 Å². The molecular weight excluding hydrogens is 435 g/mol. The second kappa shape index (κ2) is 10.1. The van der Waals surface area contributed by atoms with Gasteiger partial charge in [-0.05, 0) is 31.6 Å². The van der Waals surface area contributed by atoms with Crippen LogP contribution >= 0.6 is 11.6 Å². The molecule has 0 spiro atoms. The van der Waals surface area contributed by atoms with Gasteiger partial charge in [0.25, 0.3) is 11.5 Å². The van der Waals surface area contributed by atoms with Crippen LogP contribution in [0.1, 0.15) is 18.2 Å². The van der Waals surface area contributed by atoms with Gasteiger partial charge in [-0.2, -0.15) is 4.39 Å². The number of rotatable bonds is 6. The number of fused-ring (bicyclic) bond motifs is 1. The van der Waals surface area contributed by atoms with E-state index in [-0.39, 0.29) is 17.0 Å². The van der Waals surface area contributed by atoms with Crippen molar-refractivity contribution in [2.45, 2.75) is 20.4 Å². The number of piperazine rings is 1. The zero-order valence-corrected chi connectivity index (χ0v) is 19.1. The Balaban J connectivity index is 1.72. The number of aryl methyl sites for hydroxylation is 1. The molecule has 1 aliphatic heterocycles. The van der Waals surface area contributed by atoms with E-state index < -0.39 is 11.9 Å². The molecule has 2 heterocycles. The molecule has 0 bridgehead atoms. The van der Waals surface area contributed by atoms with Crippen LogP contribution in [0.5, 0.6) is 0 Å². The van der Waals surface area contributed by atoms with Crippen LogP contribution in [0.3, 0.4) is 0 Å². The van der Waals surface area contributed by atoms with E-state index in [4.69, 9.17) is 11.6 Å². The standard InChI is InChI=1S/C22H26ClFN6O2/c1-5-17(20(24)27-13(2)21(31)25-4)30-10-8-29(9-11-30)12-15-6-7-16-19(18(15)23)28-22(32)14(3)26-16/h5-7H,1,8-12H2,2-4H3,(H,25,31)(H,28,32)/b20-17+,27-13+. The van der Waals surface area contributed by atoms with E-state index in [0.717, 1.165) is 5.56 Å². The number of aromatic amines is 1. The van der Waals surface area contributed by atoms with Crippen molar-refractivity contribution in [2.24, 2.45) is 4.99 Å². The van der Waals surface area contributed by atoms with Gasteiger partial charge in [0.2, 0.25) is 5.95 Å². The monoisotopic (exact) mass is 460 g/mol. The molecule has 0 saturated carbocycles. The van der Waals surface area contributed by atoms with Crippen molar-refractivity contribution in [1.82, 2.24) is 25.1 Å². The van der Waals surface area contributed by atoms with Gasteiger partial charge in [-0.15, -0.1) is 0 Å². The molecule has 1 aromatic heterocycles. The van der Waals surface area contributed by atoms with Crippen LogP contribution in [0.4, 0.5) is 4.39 Å². The van der Waals surface area contributed by atoms with E-state index in [1.165, 1.54) is 20.0 Å². The first-order chi connectivity index (χ1) is 15.2. The SMILES string of the molecule is C=C/C(=C(F)\N=C(/C)C(=O)NC)N1CCN(Cc2ccc3nc(C)c(=O)[nH]c3c2Cl)CC1. The lowest BCUT2D eigenvalue weighted by Crippen LogP contribution is -2.45. The zero-order chi connectivity index (χ0) is 23.4. The molecule has 1 aliphatic rings. The summed E-state index contributed by atoms with van der Waals surface area (Å²) in [5, 5.41) is 2.90. The number of nitrogens with one attached hydrogen (secondary N) is 2. The highest BCUT2D eigenvalue weighted by molar-refractivity contribution is 6.38. The Kier molecular flexibility index (Phi) is 7.42. The number of hydrogen-bond donors (Lipinski definition) is 2. The minimum atomic E-state index is -0.737. The quantitative estimate of drug-likeness (QED) is 0.392. The van der Waals surface area contributed by atoms with Gasteiger partial charge in [-0.1, -0.05) is 24.2 Å². The van der Waals surface area contributed by atoms with E-state index in [1.54, 1.807) is 6.92 Å². The number of aromatic nitrogens is 2. The summed E-state index contributed by atoms with van der Waals surface area (Å²) in [4.78, 5) is 38.4. The number of benzene rings is 1. The first kappa shape index (κ1) is 23.6. The topological polar surface area (TPSA) is 93.7 Å². The van der Waals surface area contributed by atoms with Crippen LogP contribution in [0.15, 0.2) is 46.2 Å². The van der Waals surface area contributed by atoms with Gasteiger partial charge in [0.1, 0.15) is 11.4 Å². The van der Waals surface area contributed by atoms with Crippen molar-refractivity contribution in [3.8, 4) is 0 Å². The predicted octanol–water partition coefficient (Wildman–Crippen LogP) is 2.53. The van der Waals surface area contributed by atoms with Crippen LogP contribution < -0.4 is 10.9 Å². The summed E-state index contributed by atoms with van der Waals surface area (Å²) in [7, 11) is 1.47. The van der Waals surface area contributed by atoms with Crippen molar-refractivity contribution < 1.29 is 9.18 Å². The molecule has 10 heteroatoms. The third-order valence-corrected chi connectivity index (χ3v) is 5.82. The number of allylic oxidation sites excluding steroid dienone is 1. The highest BCUT2D eigenvalue weighted by Gasteiger charge is 2.22. The van der Waals surface area contributed by atoms with Crippen molar-refractivity contribution in [3.63, 3.8) is 0 Å². The minimum Gasteiger partial charge on any atom is -0.365 e. The van der Waals surface area contributed by atoms with E-state index >= 15 is 0 Å². The van der Waals surface area contributed by atoms with Gasteiger partial charge in [0.15, 0.2) is 0 Å². The lowest BCUT2D eigenvalue weighted by atomic mass is 10.1. The molecule has 8 nitrogen and oxygen atoms in total. The van der Waals surface area contributed by atoms with E-state index in [1.807, 2.05) is 17.0 Å². The number of amides is 1. The number of nitrogens with zero attached hydrogens (tertiary/aromatic N) is 4. The summed E-state index contributed by atoms with van der Waals surface area (Å²) in [6.45, 7) is 9.84. The maximum atomic E-state index is 14.6. The Morgan fingerprint density at radius 1 is 1.38 bits per heavy atom. The number of aliphatic imine (C=N–C) groups is 1. The van der Waals surface area contributed by atoms with Crippen molar-refractivity contribution in [1.29, 1.82) is 0 Å². The Labute approximate surface area is 190 Å². The average molecular weight is 461 g/mol. The highest BCUT2D eigenvalue weighted by Crippen LogP contribution is 2.26. The molecule has 2 aromatic rings. The van der Waals surface area contributed by atoms with Gasteiger partial charge >= 0.3 is 0 Å². The van der Waals surface area contributed by atoms with E-state index in [9.17, 15) is 14.0 Å². The van der Waals surface area contributed by atoms with Gasteiger partial charge in [-0.3, -0.25) is 14.5 Å². The Hall–Kier alpha value is -3.04. The molecule has 1 amide bonds. The summed E-state index contributed by atoms with van der Waals surface area (Å²) in [5.74, 6) is -1.17. The van der Waals surface area contributed by atoms with Crippen molar-refractivity contribution >= 4 is 34.3 Å². The molecule has 0 radical (unpaired) electrons. The normalized spacial score (nSPS) is 16.2. The van der Waals surface area contributed by atoms with Crippen molar-refractivity contribution in [2.75, 3.05) is 33.2 Å². The molecule has 0 unspecified atom stereocenters. The van der Waals surface area contributed by atoms with Crippen LogP contribution in [0, 0.1) is 6.92 Å². The maximum absolute atomic E-state index is 14.6. The summed E-state index contributed by atoms with van der Waals surface area (Å²) in [6.07, 6.45) is 1.41. The smallest absolute Gasteiger partial charge is 0.269 e. The van der Waals surface area contributed by atoms with Crippen LogP contribution in [-0.4, -0.2) is 64.6 Å². The summed E-state index contributed by atoms with van der Waals surface area (Å²) < 4.78 is 14.6. The molecule has 1 fully saturated rings. The second-order valence-electron chi connectivity index (χ2n) is 7.50. The minimum absolute atomic E-state index is 0.0386. The Morgan fingerprint density at radius 3 is 2.69 bits per heavy atom. The lowest BCUT2D eigenvalue weighted by Gasteiger charge is -2.36. The van der Waals surface area contributed by atoms with Gasteiger partial charge < -0.3 is 15.2 Å². The molecule has 0 atom stereocenters. The summed E-state index contributed by atoms with van der Waals surface area (Å²) >= 11 is 6.55. The highest BCUT2D eigenvalue weighted by atomic mass is 35.5. The molecule has 1 saturated heterocycles. The Morgan fingerprint density at radius 2 is 2.06 bits per heavy atom. The maximum Gasteiger partial charge on any atom is 0.269 e. The van der Waals surface area contributed by atoms with Gasteiger partial charge in [0, 0.05) is 39.8 Å². The first-order valence-corrected chi connectivity index (χ1v) is 10.6. The van der Waals surface area contributed by atoms with E-state index in [2.05, 4.69) is 31.8 Å². The Bertz CT molecular complexity index is 1160. The first-order valence-electron chi connectivity index (χ1n) is 10.2. The van der Waals surface area contributed by atoms with Gasteiger partial charge in [-0.25, -0.2) is 9.98 Å². The fourth-order valence-electron chi connectivity index (χ4n) is 3.55. The molecule has 0 aliphatic carbocycles. The zero-order valence-electron chi connectivity index (χ0n) is 18.3. The predicted molar refractivity (Wildman–Crippen MR) is 124 cm³/mol. The fourth-order valence-corrected chi connectivity index (χ4v) is 3.81. The number of hydrogen-bond acceptors (Lipinski definition) is 6. The molecule has 3 rings (SSSR count). The second-order valence-corrected chi connectivity index (χ2v) is 7.88. The van der Waals surface area contributed by atoms with Crippen molar-refractivity contribution in [3.05, 3.63) is 63.1 Å². The lowest BCUT2D eigenvalue weighted by molar-refractivity contribution is -0.114. The molecule has 1 aromatic carbocycles. The largest absolute Gasteiger partial charge is 0.365 e. The van der Waals surface area contributed by atoms with E-state index in [0.29, 0.717) is 54.5 Å². The van der Waals surface area contributed by atoms with Gasteiger partial charge in [0.05, 0.1) is 21.8 Å². The van der Waals surface area contributed by atoms with Crippen LogP contribution in [0.25, 0.3) is 11.0 Å². The number of carbonyl (C=O) groups is 1. The number of H-pyrrole nitrogens is 1. The average Bonchev–Trinajstić information content (AvgIpc) is 2.78. The summed E-state index contributed by atoms with van der Waals surface area (Å²) in [6, 6.07) is 3.75. The molecule has 2 N–H and O–H groups in total. The molecular formula is C22H26ClFN6O2. The fraction of sp³-hybridized carbons (Fsp3) is 0.364. The third kappa shape index (κ3) is 5.05. The van der Waals surface area contributed by atoms with Crippen LogP contribution in [0.2, 0.25) is 5.02 Å². The third-order valence-electron chi connectivity index (χ3n) is 5.39. The molecule has 32 heavy (non-hydrogen) atoms. The number of carbonyl (C=O) groups excluding carboxylic acids is 1.